The molecule has 3 aliphatic rings. The zero-order valence-electron chi connectivity index (χ0n) is 13.2. The Balaban J connectivity index is 1.60. The third-order valence-corrected chi connectivity index (χ3v) is 8.61. The van der Waals surface area contributed by atoms with Gasteiger partial charge in [0.1, 0.15) is 6.10 Å². The van der Waals surface area contributed by atoms with Crippen molar-refractivity contribution in [3.8, 4) is 0 Å². The zero-order chi connectivity index (χ0) is 15.5. The molecule has 0 aromatic rings. The Kier molecular flexibility index (Phi) is 3.43. The molecule has 4 nitrogen and oxygen atoms in total. The van der Waals surface area contributed by atoms with Crippen LogP contribution in [0.15, 0.2) is 0 Å². The fourth-order valence-corrected chi connectivity index (χ4v) is 6.65. The van der Waals surface area contributed by atoms with Crippen LogP contribution in [-0.2, 0) is 19.4 Å². The molecule has 1 saturated heterocycles. The van der Waals surface area contributed by atoms with Crippen molar-refractivity contribution in [1.29, 1.82) is 0 Å². The summed E-state index contributed by atoms with van der Waals surface area (Å²) in [6.45, 7) is 6.84. The maximum atomic E-state index is 12.2. The Hall–Kier alpha value is -0.580. The average molecular weight is 314 g/mol. The molecule has 2 aliphatic carbocycles. The van der Waals surface area contributed by atoms with Gasteiger partial charge in [-0.2, -0.15) is 0 Å². The van der Waals surface area contributed by atoms with E-state index in [1.54, 1.807) is 0 Å². The summed E-state index contributed by atoms with van der Waals surface area (Å²) in [6, 6.07) is 0. The van der Waals surface area contributed by atoms with Crippen molar-refractivity contribution in [2.24, 2.45) is 22.7 Å². The first-order chi connectivity index (χ1) is 9.64. The molecule has 3 fully saturated rings. The Morgan fingerprint density at radius 1 is 1.24 bits per heavy atom. The molecule has 2 bridgehead atoms. The smallest absolute Gasteiger partial charge is 0.306 e. The maximum absolute atomic E-state index is 12.2. The van der Waals surface area contributed by atoms with E-state index in [1.807, 2.05) is 0 Å². The molecular formula is C16H26O4S. The first-order valence-corrected chi connectivity index (χ1v) is 9.86. The van der Waals surface area contributed by atoms with Crippen LogP contribution in [0, 0.1) is 22.7 Å². The highest BCUT2D eigenvalue weighted by Gasteiger charge is 2.62. The van der Waals surface area contributed by atoms with Crippen molar-refractivity contribution in [3.63, 3.8) is 0 Å². The third-order valence-electron chi connectivity index (χ3n) is 6.77. The molecular weight excluding hydrogens is 288 g/mol. The second-order valence-electron chi connectivity index (χ2n) is 8.06. The van der Waals surface area contributed by atoms with E-state index >= 15 is 0 Å². The van der Waals surface area contributed by atoms with E-state index in [-0.39, 0.29) is 46.7 Å². The Morgan fingerprint density at radius 2 is 1.95 bits per heavy atom. The van der Waals surface area contributed by atoms with Gasteiger partial charge in [-0.1, -0.05) is 20.8 Å². The topological polar surface area (TPSA) is 60.4 Å². The van der Waals surface area contributed by atoms with Gasteiger partial charge in [-0.15, -0.1) is 0 Å². The molecule has 0 spiro atoms. The molecule has 0 unspecified atom stereocenters. The van der Waals surface area contributed by atoms with Gasteiger partial charge in [0.05, 0.1) is 11.5 Å². The first kappa shape index (κ1) is 15.3. The van der Waals surface area contributed by atoms with Gasteiger partial charge >= 0.3 is 5.97 Å². The molecule has 21 heavy (non-hydrogen) atoms. The van der Waals surface area contributed by atoms with Crippen molar-refractivity contribution < 1.29 is 17.9 Å². The highest BCUT2D eigenvalue weighted by Crippen LogP contribution is 2.66. The lowest BCUT2D eigenvalue weighted by Crippen LogP contribution is -2.38. The number of ether oxygens (including phenoxy) is 1. The summed E-state index contributed by atoms with van der Waals surface area (Å²) in [5, 5.41) is 0. The molecule has 120 valence electrons. The maximum Gasteiger partial charge on any atom is 0.306 e. The van der Waals surface area contributed by atoms with Crippen LogP contribution in [-0.4, -0.2) is 32.0 Å². The molecule has 0 N–H and O–H groups in total. The lowest BCUT2D eigenvalue weighted by Gasteiger charge is -2.38. The van der Waals surface area contributed by atoms with Crippen molar-refractivity contribution in [2.45, 2.75) is 59.0 Å². The minimum atomic E-state index is -2.92. The molecule has 0 amide bonds. The van der Waals surface area contributed by atoms with Crippen LogP contribution >= 0.6 is 0 Å². The normalized spacial score (nSPS) is 43.1. The molecule has 1 aliphatic heterocycles. The number of carbonyl (C=O) groups is 1. The second kappa shape index (κ2) is 4.71. The van der Waals surface area contributed by atoms with E-state index < -0.39 is 9.84 Å². The number of carbonyl (C=O) groups excluding carboxylic acids is 1. The minimum absolute atomic E-state index is 0.0109. The second-order valence-corrected chi connectivity index (χ2v) is 10.3. The van der Waals surface area contributed by atoms with Crippen LogP contribution in [0.5, 0.6) is 0 Å². The van der Waals surface area contributed by atoms with Gasteiger partial charge in [-0.3, -0.25) is 4.79 Å². The standard InChI is InChI=1S/C16H26O4S/c1-15(2)12-4-6-16(15,3)13(9-12)20-14(17)8-11-5-7-21(18,19)10-11/h11-13H,4-10H2,1-3H3/t11-,12-,13-,16-/m0/s1. The van der Waals surface area contributed by atoms with Crippen molar-refractivity contribution in [2.75, 3.05) is 11.5 Å². The van der Waals surface area contributed by atoms with Crippen LogP contribution in [0.2, 0.25) is 0 Å². The predicted octanol–water partition coefficient (Wildman–Crippen LogP) is 2.57. The van der Waals surface area contributed by atoms with Crippen molar-refractivity contribution in [1.82, 2.24) is 0 Å². The Morgan fingerprint density at radius 3 is 2.43 bits per heavy atom. The molecule has 0 radical (unpaired) electrons. The molecule has 3 rings (SSSR count). The summed E-state index contributed by atoms with van der Waals surface area (Å²) < 4.78 is 28.7. The van der Waals surface area contributed by atoms with Gasteiger partial charge in [0, 0.05) is 11.8 Å². The SMILES string of the molecule is CC1(C)[C@H]2CC[C@@]1(C)[C@@H](OC(=O)C[C@@H]1CCS(=O)(=O)C1)C2. The highest BCUT2D eigenvalue weighted by atomic mass is 32.2. The van der Waals surface area contributed by atoms with Gasteiger partial charge in [0.15, 0.2) is 9.84 Å². The van der Waals surface area contributed by atoms with E-state index in [4.69, 9.17) is 4.74 Å². The number of sulfone groups is 1. The van der Waals surface area contributed by atoms with Gasteiger partial charge in [-0.25, -0.2) is 8.42 Å². The van der Waals surface area contributed by atoms with Gasteiger partial charge in [0.25, 0.3) is 0 Å². The Bertz CT molecular complexity index is 551. The van der Waals surface area contributed by atoms with Crippen molar-refractivity contribution >= 4 is 15.8 Å². The Labute approximate surface area is 127 Å². The van der Waals surface area contributed by atoms with Gasteiger partial charge < -0.3 is 4.74 Å². The van der Waals surface area contributed by atoms with Gasteiger partial charge in [0.2, 0.25) is 0 Å². The predicted molar refractivity (Wildman–Crippen MR) is 80.5 cm³/mol. The van der Waals surface area contributed by atoms with Gasteiger partial charge in [-0.05, 0) is 42.9 Å². The molecule has 4 atom stereocenters. The summed E-state index contributed by atoms with van der Waals surface area (Å²) in [5.41, 5.74) is 0.309. The fourth-order valence-electron chi connectivity index (χ4n) is 4.78. The number of rotatable bonds is 3. The molecule has 5 heteroatoms. The van der Waals surface area contributed by atoms with Crippen LogP contribution in [0.4, 0.5) is 0 Å². The lowest BCUT2D eigenvalue weighted by atomic mass is 9.70. The third kappa shape index (κ3) is 2.41. The molecule has 0 aromatic carbocycles. The number of esters is 1. The summed E-state index contributed by atoms with van der Waals surface area (Å²) in [5.74, 6) is 0.778. The lowest BCUT2D eigenvalue weighted by molar-refractivity contribution is -0.157. The summed E-state index contributed by atoms with van der Waals surface area (Å²) in [7, 11) is -2.92. The van der Waals surface area contributed by atoms with Crippen LogP contribution in [0.3, 0.4) is 0 Å². The molecule has 1 heterocycles. The average Bonchev–Trinajstić information content (AvgIpc) is 2.86. The highest BCUT2D eigenvalue weighted by molar-refractivity contribution is 7.91. The monoisotopic (exact) mass is 314 g/mol. The van der Waals surface area contributed by atoms with Crippen LogP contribution in [0.25, 0.3) is 0 Å². The fraction of sp³-hybridized carbons (Fsp3) is 0.938. The summed E-state index contributed by atoms with van der Waals surface area (Å²) in [6.07, 6.45) is 4.21. The van der Waals surface area contributed by atoms with Crippen LogP contribution < -0.4 is 0 Å². The zero-order valence-corrected chi connectivity index (χ0v) is 14.0. The van der Waals surface area contributed by atoms with Crippen molar-refractivity contribution in [3.05, 3.63) is 0 Å². The molecule has 0 aromatic heterocycles. The molecule has 2 saturated carbocycles. The summed E-state index contributed by atoms with van der Waals surface area (Å²) in [4.78, 5) is 12.2. The minimum Gasteiger partial charge on any atom is -0.462 e. The number of hydrogen-bond acceptors (Lipinski definition) is 4. The number of fused-ring (bicyclic) bond motifs is 2. The van der Waals surface area contributed by atoms with E-state index in [0.717, 1.165) is 12.8 Å². The van der Waals surface area contributed by atoms with E-state index in [0.29, 0.717) is 12.3 Å². The van der Waals surface area contributed by atoms with E-state index in [2.05, 4.69) is 20.8 Å². The van der Waals surface area contributed by atoms with Crippen LogP contribution in [0.1, 0.15) is 52.9 Å². The quantitative estimate of drug-likeness (QED) is 0.751. The summed E-state index contributed by atoms with van der Waals surface area (Å²) >= 11 is 0. The largest absolute Gasteiger partial charge is 0.462 e. The van der Waals surface area contributed by atoms with E-state index in [9.17, 15) is 13.2 Å². The first-order valence-electron chi connectivity index (χ1n) is 8.04. The van der Waals surface area contributed by atoms with E-state index in [1.165, 1.54) is 6.42 Å². The number of hydrogen-bond donors (Lipinski definition) is 0.